The van der Waals surface area contributed by atoms with Crippen molar-refractivity contribution in [3.63, 3.8) is 0 Å². The number of halogens is 2. The number of carbonyl (C=O) groups is 2. The highest BCUT2D eigenvalue weighted by Crippen LogP contribution is 2.35. The largest absolute Gasteiger partial charge is 0.494 e. The molecule has 1 aromatic carbocycles. The molecule has 0 aliphatic carbocycles. The SMILES string of the molecule is O=C1CCC(n2cc3cc(Br)c(F)cc3c2O)C(=O)N1. The third-order valence-corrected chi connectivity index (χ3v) is 4.01. The van der Waals surface area contributed by atoms with Crippen LogP contribution in [-0.2, 0) is 9.59 Å². The number of aromatic nitrogens is 1. The topological polar surface area (TPSA) is 71.3 Å². The molecule has 0 radical (unpaired) electrons. The van der Waals surface area contributed by atoms with Gasteiger partial charge < -0.3 is 9.67 Å². The molecule has 2 aromatic rings. The lowest BCUT2D eigenvalue weighted by atomic mass is 10.1. The van der Waals surface area contributed by atoms with Crippen LogP contribution in [0.2, 0.25) is 0 Å². The monoisotopic (exact) mass is 340 g/mol. The van der Waals surface area contributed by atoms with Gasteiger partial charge in [-0.05, 0) is 34.5 Å². The summed E-state index contributed by atoms with van der Waals surface area (Å²) >= 11 is 3.08. The van der Waals surface area contributed by atoms with E-state index in [0.717, 1.165) is 0 Å². The highest BCUT2D eigenvalue weighted by molar-refractivity contribution is 9.10. The van der Waals surface area contributed by atoms with E-state index in [4.69, 9.17) is 0 Å². The van der Waals surface area contributed by atoms with Gasteiger partial charge in [-0.2, -0.15) is 0 Å². The summed E-state index contributed by atoms with van der Waals surface area (Å²) in [5.41, 5.74) is 0. The first kappa shape index (κ1) is 13.1. The molecule has 0 spiro atoms. The molecule has 5 nitrogen and oxygen atoms in total. The first-order valence-electron chi connectivity index (χ1n) is 5.99. The number of amides is 2. The van der Waals surface area contributed by atoms with E-state index in [1.165, 1.54) is 16.7 Å². The Kier molecular flexibility index (Phi) is 3.01. The number of nitrogens with one attached hydrogen (secondary N) is 1. The molecular weight excluding hydrogens is 331 g/mol. The van der Waals surface area contributed by atoms with E-state index in [1.807, 2.05) is 0 Å². The Balaban J connectivity index is 2.10. The van der Waals surface area contributed by atoms with Gasteiger partial charge in [-0.1, -0.05) is 0 Å². The van der Waals surface area contributed by atoms with Crippen LogP contribution in [-0.4, -0.2) is 21.5 Å². The van der Waals surface area contributed by atoms with Gasteiger partial charge in [0.05, 0.1) is 4.47 Å². The van der Waals surface area contributed by atoms with Crippen LogP contribution in [0.5, 0.6) is 5.88 Å². The summed E-state index contributed by atoms with van der Waals surface area (Å²) < 4.78 is 15.2. The molecule has 7 heteroatoms. The Morgan fingerprint density at radius 2 is 2.15 bits per heavy atom. The minimum absolute atomic E-state index is 0.180. The molecule has 3 rings (SSSR count). The van der Waals surface area contributed by atoms with Crippen molar-refractivity contribution in [2.45, 2.75) is 18.9 Å². The molecule has 0 saturated carbocycles. The first-order chi connectivity index (χ1) is 9.47. The van der Waals surface area contributed by atoms with Crippen molar-refractivity contribution >= 4 is 38.5 Å². The summed E-state index contributed by atoms with van der Waals surface area (Å²) in [5.74, 6) is -1.46. The van der Waals surface area contributed by atoms with Gasteiger partial charge in [0.2, 0.25) is 11.8 Å². The number of benzene rings is 1. The minimum atomic E-state index is -0.665. The average Bonchev–Trinajstić information content (AvgIpc) is 2.68. The van der Waals surface area contributed by atoms with Crippen LogP contribution >= 0.6 is 15.9 Å². The molecule has 1 aliphatic heterocycles. The Labute approximate surface area is 121 Å². The van der Waals surface area contributed by atoms with E-state index in [1.54, 1.807) is 6.20 Å². The van der Waals surface area contributed by atoms with Crippen molar-refractivity contribution in [3.8, 4) is 5.88 Å². The maximum atomic E-state index is 13.5. The van der Waals surface area contributed by atoms with Crippen molar-refractivity contribution in [3.05, 3.63) is 28.6 Å². The number of rotatable bonds is 1. The molecule has 2 amide bonds. The maximum absolute atomic E-state index is 13.5. The number of hydrogen-bond acceptors (Lipinski definition) is 3. The third-order valence-electron chi connectivity index (χ3n) is 3.40. The molecule has 2 heterocycles. The molecule has 1 aromatic heterocycles. The van der Waals surface area contributed by atoms with Gasteiger partial charge in [0.25, 0.3) is 0 Å². The first-order valence-corrected chi connectivity index (χ1v) is 6.79. The zero-order valence-corrected chi connectivity index (χ0v) is 11.8. The van der Waals surface area contributed by atoms with Gasteiger partial charge in [0.15, 0.2) is 5.88 Å². The number of nitrogens with zero attached hydrogens (tertiary/aromatic N) is 1. The van der Waals surface area contributed by atoms with Crippen LogP contribution in [0.4, 0.5) is 4.39 Å². The normalized spacial score (nSPS) is 19.4. The average molecular weight is 341 g/mol. The number of aromatic hydroxyl groups is 1. The lowest BCUT2D eigenvalue weighted by Gasteiger charge is -2.22. The minimum Gasteiger partial charge on any atom is -0.494 e. The molecule has 1 fully saturated rings. The molecule has 1 unspecified atom stereocenters. The second-order valence-electron chi connectivity index (χ2n) is 4.68. The van der Waals surface area contributed by atoms with Gasteiger partial charge in [-0.15, -0.1) is 0 Å². The van der Waals surface area contributed by atoms with Crippen LogP contribution in [0.25, 0.3) is 10.8 Å². The standard InChI is InChI=1S/C13H10BrFN2O3/c14-8-3-6-5-17(13(20)7(6)4-9(8)15)10-1-2-11(18)16-12(10)19/h3-5,10,20H,1-2H2,(H,16,18,19). The predicted molar refractivity (Wildman–Crippen MR) is 72.7 cm³/mol. The van der Waals surface area contributed by atoms with Crippen LogP contribution in [0, 0.1) is 5.82 Å². The smallest absolute Gasteiger partial charge is 0.249 e. The number of fused-ring (bicyclic) bond motifs is 1. The van der Waals surface area contributed by atoms with E-state index >= 15 is 0 Å². The lowest BCUT2D eigenvalue weighted by Crippen LogP contribution is -2.41. The Morgan fingerprint density at radius 1 is 1.40 bits per heavy atom. The summed E-state index contributed by atoms with van der Waals surface area (Å²) in [6.45, 7) is 0. The van der Waals surface area contributed by atoms with Crippen molar-refractivity contribution in [1.82, 2.24) is 9.88 Å². The predicted octanol–water partition coefficient (Wildman–Crippen LogP) is 2.23. The van der Waals surface area contributed by atoms with E-state index in [-0.39, 0.29) is 22.7 Å². The number of piperidine rings is 1. The fraction of sp³-hybridized carbons (Fsp3) is 0.231. The van der Waals surface area contributed by atoms with E-state index in [9.17, 15) is 19.1 Å². The van der Waals surface area contributed by atoms with Gasteiger partial charge in [0.1, 0.15) is 11.9 Å². The zero-order valence-electron chi connectivity index (χ0n) is 10.2. The van der Waals surface area contributed by atoms with Crippen molar-refractivity contribution in [2.75, 3.05) is 0 Å². The van der Waals surface area contributed by atoms with Crippen LogP contribution in [0.15, 0.2) is 22.8 Å². The maximum Gasteiger partial charge on any atom is 0.249 e. The number of hydrogen-bond donors (Lipinski definition) is 2. The second-order valence-corrected chi connectivity index (χ2v) is 5.53. The summed E-state index contributed by atoms with van der Waals surface area (Å²) in [6.07, 6.45) is 2.10. The molecule has 104 valence electrons. The summed E-state index contributed by atoms with van der Waals surface area (Å²) in [5, 5.41) is 13.3. The van der Waals surface area contributed by atoms with Crippen molar-refractivity contribution in [1.29, 1.82) is 0 Å². The molecule has 1 atom stereocenters. The number of imide groups is 1. The van der Waals surface area contributed by atoms with Crippen LogP contribution < -0.4 is 5.32 Å². The fourth-order valence-electron chi connectivity index (χ4n) is 2.40. The highest BCUT2D eigenvalue weighted by atomic mass is 79.9. The Hall–Kier alpha value is -1.89. The van der Waals surface area contributed by atoms with Crippen molar-refractivity contribution < 1.29 is 19.1 Å². The molecule has 0 bridgehead atoms. The van der Waals surface area contributed by atoms with Gasteiger partial charge in [-0.3, -0.25) is 14.9 Å². The zero-order chi connectivity index (χ0) is 14.4. The Bertz CT molecular complexity index is 741. The summed E-state index contributed by atoms with van der Waals surface area (Å²) in [4.78, 5) is 23.0. The molecule has 1 aliphatic rings. The lowest BCUT2D eigenvalue weighted by molar-refractivity contribution is -0.135. The van der Waals surface area contributed by atoms with Gasteiger partial charge in [0, 0.05) is 23.4 Å². The van der Waals surface area contributed by atoms with Gasteiger partial charge >= 0.3 is 0 Å². The number of carbonyl (C=O) groups excluding carboxylic acids is 2. The molecule has 1 saturated heterocycles. The van der Waals surface area contributed by atoms with E-state index in [0.29, 0.717) is 17.2 Å². The van der Waals surface area contributed by atoms with E-state index < -0.39 is 17.8 Å². The molecule has 20 heavy (non-hydrogen) atoms. The second kappa shape index (κ2) is 4.59. The van der Waals surface area contributed by atoms with Crippen LogP contribution in [0.3, 0.4) is 0 Å². The Morgan fingerprint density at radius 3 is 2.85 bits per heavy atom. The molecule has 2 N–H and O–H groups in total. The van der Waals surface area contributed by atoms with Gasteiger partial charge in [-0.25, -0.2) is 4.39 Å². The van der Waals surface area contributed by atoms with Crippen molar-refractivity contribution in [2.24, 2.45) is 0 Å². The third kappa shape index (κ3) is 1.98. The summed E-state index contributed by atoms with van der Waals surface area (Å²) in [7, 11) is 0. The van der Waals surface area contributed by atoms with Crippen LogP contribution in [0.1, 0.15) is 18.9 Å². The fourth-order valence-corrected chi connectivity index (χ4v) is 2.76. The summed E-state index contributed by atoms with van der Waals surface area (Å²) in [6, 6.07) is 2.08. The molecular formula is C13H10BrFN2O3. The highest BCUT2D eigenvalue weighted by Gasteiger charge is 2.30. The van der Waals surface area contributed by atoms with E-state index in [2.05, 4.69) is 21.2 Å². The quantitative estimate of drug-likeness (QED) is 0.782.